The lowest BCUT2D eigenvalue weighted by atomic mass is 10.1. The van der Waals surface area contributed by atoms with Crippen molar-refractivity contribution in [3.63, 3.8) is 0 Å². The fourth-order valence-corrected chi connectivity index (χ4v) is 5.12. The SMILES string of the molecule is COc1ccc(-n2nc3c(c2NC(=O)CCCN2C(=O)c4ccccc4C2=O)CSC3)cc1. The number of carbonyl (C=O) groups excluding carboxylic acids is 3. The van der Waals surface area contributed by atoms with Crippen LogP contribution in [0.15, 0.2) is 48.5 Å². The molecule has 3 aromatic rings. The first kappa shape index (κ1) is 21.3. The molecule has 0 saturated heterocycles. The molecule has 3 heterocycles. The Morgan fingerprint density at radius 3 is 2.42 bits per heavy atom. The number of hydrogen-bond donors (Lipinski definition) is 1. The van der Waals surface area contributed by atoms with Crippen LogP contribution in [0.3, 0.4) is 0 Å². The highest BCUT2D eigenvalue weighted by Gasteiger charge is 2.34. The standard InChI is InChI=1S/C24H22N4O4S/c1-32-16-10-8-15(9-11-16)28-22(19-13-33-14-20(19)26-28)25-21(29)7-4-12-27-23(30)17-5-2-3-6-18(17)24(27)31/h2-3,5-6,8-11H,4,7,12-14H2,1H3,(H,25,29). The summed E-state index contributed by atoms with van der Waals surface area (Å²) in [4.78, 5) is 39.0. The van der Waals surface area contributed by atoms with Gasteiger partial charge in [-0.15, -0.1) is 0 Å². The van der Waals surface area contributed by atoms with Crippen molar-refractivity contribution < 1.29 is 19.1 Å². The van der Waals surface area contributed by atoms with Crippen LogP contribution < -0.4 is 10.1 Å². The number of hydrogen-bond acceptors (Lipinski definition) is 6. The zero-order valence-electron chi connectivity index (χ0n) is 18.0. The summed E-state index contributed by atoms with van der Waals surface area (Å²) < 4.78 is 6.98. The van der Waals surface area contributed by atoms with Gasteiger partial charge in [0.2, 0.25) is 5.91 Å². The molecular weight excluding hydrogens is 440 g/mol. The number of imide groups is 1. The van der Waals surface area contributed by atoms with Crippen LogP contribution >= 0.6 is 11.8 Å². The number of thioether (sulfide) groups is 1. The van der Waals surface area contributed by atoms with Gasteiger partial charge in [-0.3, -0.25) is 19.3 Å². The highest BCUT2D eigenvalue weighted by molar-refractivity contribution is 7.98. The van der Waals surface area contributed by atoms with Crippen LogP contribution in [0.1, 0.15) is 44.8 Å². The predicted molar refractivity (Wildman–Crippen MR) is 125 cm³/mol. The van der Waals surface area contributed by atoms with Crippen LogP contribution in [-0.4, -0.2) is 46.1 Å². The van der Waals surface area contributed by atoms with E-state index < -0.39 is 0 Å². The molecule has 2 aliphatic rings. The molecule has 0 aliphatic carbocycles. The summed E-state index contributed by atoms with van der Waals surface area (Å²) in [6.45, 7) is 0.200. The number of benzene rings is 2. The van der Waals surface area contributed by atoms with Crippen LogP contribution in [0.25, 0.3) is 5.69 Å². The van der Waals surface area contributed by atoms with Gasteiger partial charge in [-0.25, -0.2) is 4.68 Å². The van der Waals surface area contributed by atoms with Crippen LogP contribution in [-0.2, 0) is 16.3 Å². The molecule has 33 heavy (non-hydrogen) atoms. The second-order valence-corrected chi connectivity index (χ2v) is 8.82. The Bertz CT molecular complexity index is 1220. The van der Waals surface area contributed by atoms with E-state index in [1.807, 2.05) is 24.3 Å². The van der Waals surface area contributed by atoms with Crippen molar-refractivity contribution in [1.29, 1.82) is 0 Å². The minimum atomic E-state index is -0.302. The summed E-state index contributed by atoms with van der Waals surface area (Å²) in [5, 5.41) is 7.71. The average Bonchev–Trinajstić information content (AvgIpc) is 3.49. The maximum Gasteiger partial charge on any atom is 0.261 e. The first-order chi connectivity index (χ1) is 16.1. The minimum absolute atomic E-state index is 0.180. The average molecular weight is 463 g/mol. The molecule has 0 atom stereocenters. The molecule has 2 aliphatic heterocycles. The zero-order valence-corrected chi connectivity index (χ0v) is 18.9. The predicted octanol–water partition coefficient (Wildman–Crippen LogP) is 3.64. The second kappa shape index (κ2) is 8.74. The van der Waals surface area contributed by atoms with Crippen molar-refractivity contribution >= 4 is 35.3 Å². The Hall–Kier alpha value is -3.59. The van der Waals surface area contributed by atoms with E-state index in [9.17, 15) is 14.4 Å². The number of aromatic nitrogens is 2. The molecule has 0 bridgehead atoms. The molecule has 0 fully saturated rings. The van der Waals surface area contributed by atoms with Crippen molar-refractivity contribution in [2.75, 3.05) is 19.0 Å². The first-order valence-corrected chi connectivity index (χ1v) is 11.8. The summed E-state index contributed by atoms with van der Waals surface area (Å²) in [5.74, 6) is 2.23. The normalized spacial score (nSPS) is 14.4. The zero-order chi connectivity index (χ0) is 22.9. The molecule has 3 amide bonds. The fourth-order valence-electron chi connectivity index (χ4n) is 4.09. The van der Waals surface area contributed by atoms with Crippen LogP contribution in [0.5, 0.6) is 5.75 Å². The van der Waals surface area contributed by atoms with E-state index in [1.54, 1.807) is 47.8 Å². The van der Waals surface area contributed by atoms with Gasteiger partial charge in [-0.1, -0.05) is 12.1 Å². The van der Waals surface area contributed by atoms with Crippen molar-refractivity contribution in [1.82, 2.24) is 14.7 Å². The number of amides is 3. The molecule has 0 radical (unpaired) electrons. The van der Waals surface area contributed by atoms with E-state index >= 15 is 0 Å². The second-order valence-electron chi connectivity index (χ2n) is 7.84. The van der Waals surface area contributed by atoms with E-state index in [1.165, 1.54) is 4.90 Å². The Morgan fingerprint density at radius 2 is 1.76 bits per heavy atom. The van der Waals surface area contributed by atoms with E-state index in [2.05, 4.69) is 5.32 Å². The number of fused-ring (bicyclic) bond motifs is 2. The van der Waals surface area contributed by atoms with E-state index in [0.29, 0.717) is 23.4 Å². The lowest BCUT2D eigenvalue weighted by Crippen LogP contribution is -2.31. The molecule has 5 rings (SSSR count). The summed E-state index contributed by atoms with van der Waals surface area (Å²) in [6, 6.07) is 14.3. The Balaban J connectivity index is 1.26. The van der Waals surface area contributed by atoms with E-state index in [-0.39, 0.29) is 30.7 Å². The van der Waals surface area contributed by atoms with Crippen molar-refractivity contribution in [3.8, 4) is 11.4 Å². The van der Waals surface area contributed by atoms with Crippen LogP contribution in [0, 0.1) is 0 Å². The molecular formula is C24H22N4O4S. The highest BCUT2D eigenvalue weighted by atomic mass is 32.2. The summed E-state index contributed by atoms with van der Waals surface area (Å²) in [7, 11) is 1.61. The van der Waals surface area contributed by atoms with Crippen LogP contribution in [0.2, 0.25) is 0 Å². The third-order valence-corrected chi connectivity index (χ3v) is 6.76. The number of carbonyl (C=O) groups is 3. The number of ether oxygens (including phenoxy) is 1. The van der Waals surface area contributed by atoms with Gasteiger partial charge >= 0.3 is 0 Å². The number of anilines is 1. The molecule has 0 unspecified atom stereocenters. The lowest BCUT2D eigenvalue weighted by molar-refractivity contribution is -0.116. The van der Waals surface area contributed by atoms with Gasteiger partial charge in [0.15, 0.2) is 0 Å². The van der Waals surface area contributed by atoms with Gasteiger partial charge in [0, 0.05) is 30.0 Å². The van der Waals surface area contributed by atoms with Gasteiger partial charge in [0.25, 0.3) is 11.8 Å². The van der Waals surface area contributed by atoms with Gasteiger partial charge < -0.3 is 10.1 Å². The molecule has 9 heteroatoms. The smallest absolute Gasteiger partial charge is 0.261 e. The number of rotatable bonds is 7. The maximum absolute atomic E-state index is 12.8. The molecule has 0 saturated carbocycles. The quantitative estimate of drug-likeness (QED) is 0.539. The topological polar surface area (TPSA) is 93.5 Å². The van der Waals surface area contributed by atoms with Crippen molar-refractivity contribution in [2.24, 2.45) is 0 Å². The monoisotopic (exact) mass is 462 g/mol. The number of nitrogens with zero attached hydrogens (tertiary/aromatic N) is 3. The van der Waals surface area contributed by atoms with Crippen molar-refractivity contribution in [2.45, 2.75) is 24.3 Å². The third-order valence-electron chi connectivity index (χ3n) is 5.79. The maximum atomic E-state index is 12.8. The summed E-state index contributed by atoms with van der Waals surface area (Å²) in [5.41, 5.74) is 3.67. The Morgan fingerprint density at radius 1 is 1.06 bits per heavy atom. The minimum Gasteiger partial charge on any atom is -0.497 e. The summed E-state index contributed by atoms with van der Waals surface area (Å²) in [6.07, 6.45) is 0.564. The van der Waals surface area contributed by atoms with Gasteiger partial charge in [0.05, 0.1) is 29.6 Å². The van der Waals surface area contributed by atoms with Crippen LogP contribution in [0.4, 0.5) is 5.82 Å². The Labute approximate surface area is 194 Å². The molecule has 0 spiro atoms. The fraction of sp³-hybridized carbons (Fsp3) is 0.250. The van der Waals surface area contributed by atoms with E-state index in [4.69, 9.17) is 9.84 Å². The third kappa shape index (κ3) is 3.89. The summed E-state index contributed by atoms with van der Waals surface area (Å²) >= 11 is 1.76. The van der Waals surface area contributed by atoms with Gasteiger partial charge in [0.1, 0.15) is 11.6 Å². The van der Waals surface area contributed by atoms with Gasteiger partial charge in [-0.2, -0.15) is 16.9 Å². The molecule has 8 nitrogen and oxygen atoms in total. The lowest BCUT2D eigenvalue weighted by Gasteiger charge is -2.14. The molecule has 1 aromatic heterocycles. The first-order valence-electron chi connectivity index (χ1n) is 10.6. The molecule has 2 aromatic carbocycles. The van der Waals surface area contributed by atoms with Gasteiger partial charge in [-0.05, 0) is 42.8 Å². The largest absolute Gasteiger partial charge is 0.497 e. The van der Waals surface area contributed by atoms with E-state index in [0.717, 1.165) is 34.2 Å². The number of methoxy groups -OCH3 is 1. The van der Waals surface area contributed by atoms with Crippen molar-refractivity contribution in [3.05, 3.63) is 70.9 Å². The molecule has 168 valence electrons. The molecule has 1 N–H and O–H groups in total. The Kier molecular flexibility index (Phi) is 5.63. The highest BCUT2D eigenvalue weighted by Crippen LogP contribution is 2.36. The number of nitrogens with one attached hydrogen (secondary N) is 1.